The monoisotopic (exact) mass is 235 g/mol. The van der Waals surface area contributed by atoms with Gasteiger partial charge in [0.15, 0.2) is 6.61 Å². The lowest BCUT2D eigenvalue weighted by Crippen LogP contribution is -2.09. The Morgan fingerprint density at radius 1 is 1.41 bits per heavy atom. The smallest absolute Gasteiger partial charge is 0.341 e. The van der Waals surface area contributed by atoms with Crippen molar-refractivity contribution in [3.8, 4) is 5.75 Å². The second-order valence-electron chi connectivity index (χ2n) is 3.55. The lowest BCUT2D eigenvalue weighted by molar-refractivity contribution is -0.139. The summed E-state index contributed by atoms with van der Waals surface area (Å²) in [6.07, 6.45) is 5.09. The van der Waals surface area contributed by atoms with E-state index in [9.17, 15) is 4.79 Å². The average Bonchev–Trinajstić information content (AvgIpc) is 2.33. The summed E-state index contributed by atoms with van der Waals surface area (Å²) >= 11 is 0. The van der Waals surface area contributed by atoms with E-state index in [2.05, 4.69) is 11.4 Å². The molecule has 2 N–H and O–H groups in total. The van der Waals surface area contributed by atoms with Crippen LogP contribution in [0.2, 0.25) is 0 Å². The van der Waals surface area contributed by atoms with Crippen molar-refractivity contribution < 1.29 is 14.6 Å². The van der Waals surface area contributed by atoms with Crippen LogP contribution in [-0.4, -0.2) is 31.3 Å². The molecule has 0 aliphatic carbocycles. The van der Waals surface area contributed by atoms with Gasteiger partial charge in [0.1, 0.15) is 5.75 Å². The number of benzene rings is 1. The molecule has 0 aliphatic rings. The Balaban J connectivity index is 2.44. The van der Waals surface area contributed by atoms with Crippen molar-refractivity contribution in [2.45, 2.75) is 6.42 Å². The van der Waals surface area contributed by atoms with Gasteiger partial charge in [0, 0.05) is 0 Å². The maximum Gasteiger partial charge on any atom is 0.341 e. The molecule has 0 amide bonds. The molecule has 0 atom stereocenters. The maximum atomic E-state index is 10.3. The third-order valence-electron chi connectivity index (χ3n) is 2.11. The predicted molar refractivity (Wildman–Crippen MR) is 67.2 cm³/mol. The molecule has 0 spiro atoms. The Labute approximate surface area is 101 Å². The summed E-state index contributed by atoms with van der Waals surface area (Å²) in [5, 5.41) is 11.5. The third-order valence-corrected chi connectivity index (χ3v) is 2.11. The Kier molecular flexibility index (Phi) is 5.82. The molecule has 1 rings (SSSR count). The van der Waals surface area contributed by atoms with Gasteiger partial charge >= 0.3 is 5.97 Å². The van der Waals surface area contributed by atoms with Crippen LogP contribution in [0.5, 0.6) is 5.75 Å². The normalized spacial score (nSPS) is 10.6. The average molecular weight is 235 g/mol. The minimum absolute atomic E-state index is 0.308. The molecule has 92 valence electrons. The van der Waals surface area contributed by atoms with E-state index in [-0.39, 0.29) is 6.61 Å². The number of hydrogen-bond acceptors (Lipinski definition) is 3. The molecule has 0 saturated heterocycles. The van der Waals surface area contributed by atoms with Crippen molar-refractivity contribution in [3.63, 3.8) is 0 Å². The summed E-state index contributed by atoms with van der Waals surface area (Å²) in [5.41, 5.74) is 1.07. The van der Waals surface area contributed by atoms with Crippen LogP contribution >= 0.6 is 0 Å². The lowest BCUT2D eigenvalue weighted by atomic mass is 10.2. The topological polar surface area (TPSA) is 58.6 Å². The molecular weight excluding hydrogens is 218 g/mol. The molecule has 0 bridgehead atoms. The van der Waals surface area contributed by atoms with E-state index in [4.69, 9.17) is 9.84 Å². The van der Waals surface area contributed by atoms with Crippen LogP contribution in [0, 0.1) is 0 Å². The molecule has 0 unspecified atom stereocenters. The number of carboxylic acids is 1. The van der Waals surface area contributed by atoms with Gasteiger partial charge in [0.25, 0.3) is 0 Å². The summed E-state index contributed by atoms with van der Waals surface area (Å²) in [6.45, 7) is 0.646. The van der Waals surface area contributed by atoms with Crippen molar-refractivity contribution in [1.82, 2.24) is 5.32 Å². The number of rotatable bonds is 7. The molecule has 1 aromatic rings. The van der Waals surface area contributed by atoms with Crippen LogP contribution in [-0.2, 0) is 4.79 Å². The Hall–Kier alpha value is -1.81. The minimum Gasteiger partial charge on any atom is -0.482 e. The number of ether oxygens (including phenoxy) is 1. The van der Waals surface area contributed by atoms with Crippen molar-refractivity contribution in [2.24, 2.45) is 0 Å². The molecule has 0 saturated carbocycles. The first-order valence-corrected chi connectivity index (χ1v) is 5.48. The highest BCUT2D eigenvalue weighted by atomic mass is 16.5. The van der Waals surface area contributed by atoms with Crippen LogP contribution in [0.3, 0.4) is 0 Å². The van der Waals surface area contributed by atoms with Crippen molar-refractivity contribution in [1.29, 1.82) is 0 Å². The van der Waals surface area contributed by atoms with Gasteiger partial charge in [0.05, 0.1) is 0 Å². The van der Waals surface area contributed by atoms with Gasteiger partial charge in [0.2, 0.25) is 0 Å². The fourth-order valence-electron chi connectivity index (χ4n) is 1.27. The quantitative estimate of drug-likeness (QED) is 0.707. The molecule has 0 fully saturated rings. The van der Waals surface area contributed by atoms with E-state index < -0.39 is 5.97 Å². The fraction of sp³-hybridized carbons (Fsp3) is 0.308. The van der Waals surface area contributed by atoms with Gasteiger partial charge in [-0.2, -0.15) is 0 Å². The number of nitrogens with one attached hydrogen (secondary N) is 1. The molecule has 0 radical (unpaired) electrons. The van der Waals surface area contributed by atoms with Crippen LogP contribution in [0.15, 0.2) is 30.3 Å². The van der Waals surface area contributed by atoms with Crippen molar-refractivity contribution in [3.05, 3.63) is 35.9 Å². The first-order valence-electron chi connectivity index (χ1n) is 5.48. The van der Waals surface area contributed by atoms with E-state index >= 15 is 0 Å². The number of hydrogen-bond donors (Lipinski definition) is 2. The highest BCUT2D eigenvalue weighted by Crippen LogP contribution is 2.13. The number of aliphatic carboxylic acids is 1. The molecule has 4 heteroatoms. The molecule has 1 aromatic carbocycles. The molecular formula is C13H17NO3. The lowest BCUT2D eigenvalue weighted by Gasteiger charge is -2.02. The Bertz CT molecular complexity index is 371. The molecule has 17 heavy (non-hydrogen) atoms. The van der Waals surface area contributed by atoms with Gasteiger partial charge in [-0.1, -0.05) is 24.3 Å². The minimum atomic E-state index is -0.971. The zero-order valence-electron chi connectivity index (χ0n) is 9.85. The number of carboxylic acid groups (broad SMARTS) is 1. The third kappa shape index (κ3) is 5.73. The van der Waals surface area contributed by atoms with Gasteiger partial charge in [-0.15, -0.1) is 0 Å². The molecule has 0 aliphatic heterocycles. The van der Waals surface area contributed by atoms with Crippen LogP contribution < -0.4 is 10.1 Å². The van der Waals surface area contributed by atoms with Crippen molar-refractivity contribution >= 4 is 12.0 Å². The first-order chi connectivity index (χ1) is 8.22. The van der Waals surface area contributed by atoms with Gasteiger partial charge < -0.3 is 15.2 Å². The second kappa shape index (κ2) is 7.46. The van der Waals surface area contributed by atoms with Crippen molar-refractivity contribution in [2.75, 3.05) is 20.2 Å². The summed E-state index contributed by atoms with van der Waals surface area (Å²) in [6, 6.07) is 7.32. The molecule has 4 nitrogen and oxygen atoms in total. The zero-order chi connectivity index (χ0) is 12.5. The van der Waals surface area contributed by atoms with E-state index in [1.165, 1.54) is 0 Å². The number of carbonyl (C=O) groups is 1. The zero-order valence-corrected chi connectivity index (χ0v) is 9.85. The van der Waals surface area contributed by atoms with Gasteiger partial charge in [-0.05, 0) is 37.7 Å². The van der Waals surface area contributed by atoms with E-state index in [1.54, 1.807) is 12.1 Å². The Morgan fingerprint density at radius 2 is 2.12 bits per heavy atom. The first kappa shape index (κ1) is 13.3. The molecule has 0 heterocycles. The summed E-state index contributed by atoms with van der Waals surface area (Å²) < 4.78 is 5.03. The summed E-state index contributed by atoms with van der Waals surface area (Å²) in [4.78, 5) is 10.3. The second-order valence-corrected chi connectivity index (χ2v) is 3.55. The molecule has 0 aromatic heterocycles. The standard InChI is InChI=1S/C13H17NO3/c1-14-9-3-2-4-11-5-7-12(8-6-11)17-10-13(15)16/h2,4-8,14H,3,9-10H2,1H3,(H,15,16). The predicted octanol–water partition coefficient (Wildman–Crippen LogP) is 1.77. The summed E-state index contributed by atoms with van der Waals surface area (Å²) in [5.74, 6) is -0.402. The largest absolute Gasteiger partial charge is 0.482 e. The fourth-order valence-corrected chi connectivity index (χ4v) is 1.27. The highest BCUT2D eigenvalue weighted by Gasteiger charge is 1.98. The Morgan fingerprint density at radius 3 is 2.71 bits per heavy atom. The van der Waals surface area contributed by atoms with E-state index in [0.29, 0.717) is 5.75 Å². The van der Waals surface area contributed by atoms with Gasteiger partial charge in [-0.3, -0.25) is 0 Å². The van der Waals surface area contributed by atoms with E-state index in [0.717, 1.165) is 18.5 Å². The maximum absolute atomic E-state index is 10.3. The SMILES string of the molecule is CNCCC=Cc1ccc(OCC(=O)O)cc1. The highest BCUT2D eigenvalue weighted by molar-refractivity contribution is 5.68. The van der Waals surface area contributed by atoms with E-state index in [1.807, 2.05) is 25.3 Å². The van der Waals surface area contributed by atoms with Gasteiger partial charge in [-0.25, -0.2) is 4.79 Å². The summed E-state index contributed by atoms with van der Waals surface area (Å²) in [7, 11) is 1.92. The van der Waals surface area contributed by atoms with Crippen LogP contribution in [0.25, 0.3) is 6.08 Å². The van der Waals surface area contributed by atoms with Crippen LogP contribution in [0.4, 0.5) is 0 Å². The van der Waals surface area contributed by atoms with Crippen LogP contribution in [0.1, 0.15) is 12.0 Å².